The van der Waals surface area contributed by atoms with Crippen molar-refractivity contribution >= 4 is 35.1 Å². The summed E-state index contributed by atoms with van der Waals surface area (Å²) in [5.41, 5.74) is 1.60. The van der Waals surface area contributed by atoms with Crippen LogP contribution in [0.3, 0.4) is 0 Å². The minimum absolute atomic E-state index is 0.0326. The summed E-state index contributed by atoms with van der Waals surface area (Å²) in [6.45, 7) is 0.582. The molecule has 0 bridgehead atoms. The number of carboxylic acid groups (broad SMARTS) is 1. The second kappa shape index (κ2) is 9.30. The fourth-order valence-corrected chi connectivity index (χ4v) is 2.55. The van der Waals surface area contributed by atoms with E-state index >= 15 is 0 Å². The molecule has 2 aromatic carbocycles. The first-order valence-electron chi connectivity index (χ1n) is 7.59. The molecular formula is C18H17Cl2NO4. The molecule has 2 rings (SSSR count). The lowest BCUT2D eigenvalue weighted by Gasteiger charge is -2.10. The van der Waals surface area contributed by atoms with Gasteiger partial charge in [-0.05, 0) is 29.8 Å². The largest absolute Gasteiger partial charge is 0.489 e. The van der Waals surface area contributed by atoms with Gasteiger partial charge in [-0.1, -0.05) is 41.4 Å². The zero-order valence-electron chi connectivity index (χ0n) is 13.3. The maximum absolute atomic E-state index is 11.5. The van der Waals surface area contributed by atoms with Gasteiger partial charge in [-0.25, -0.2) is 0 Å². The van der Waals surface area contributed by atoms with Crippen molar-refractivity contribution in [2.24, 2.45) is 0 Å². The van der Waals surface area contributed by atoms with Crippen LogP contribution in [0, 0.1) is 0 Å². The highest BCUT2D eigenvalue weighted by molar-refractivity contribution is 6.35. The molecule has 0 aromatic heterocycles. The predicted molar refractivity (Wildman–Crippen MR) is 96.0 cm³/mol. The van der Waals surface area contributed by atoms with Crippen LogP contribution < -0.4 is 10.1 Å². The number of carboxylic acids is 1. The number of carbonyl (C=O) groups excluding carboxylic acids is 1. The lowest BCUT2D eigenvalue weighted by atomic mass is 10.2. The molecule has 2 N–H and O–H groups in total. The van der Waals surface area contributed by atoms with E-state index < -0.39 is 5.97 Å². The SMILES string of the molecule is O=C(O)CCC(=O)NCc1ccc(OCc2c(Cl)cccc2Cl)cc1. The first kappa shape index (κ1) is 19.1. The van der Waals surface area contributed by atoms with Gasteiger partial charge in [0.2, 0.25) is 5.91 Å². The third-order valence-corrected chi connectivity index (χ3v) is 4.13. The number of nitrogens with one attached hydrogen (secondary N) is 1. The van der Waals surface area contributed by atoms with E-state index in [2.05, 4.69) is 5.32 Å². The Labute approximate surface area is 155 Å². The molecule has 0 aliphatic heterocycles. The lowest BCUT2D eigenvalue weighted by Crippen LogP contribution is -2.23. The molecule has 2 aromatic rings. The third kappa shape index (κ3) is 6.29. The molecule has 0 saturated heterocycles. The highest BCUT2D eigenvalue weighted by Crippen LogP contribution is 2.25. The topological polar surface area (TPSA) is 75.6 Å². The summed E-state index contributed by atoms with van der Waals surface area (Å²) in [5.74, 6) is -0.636. The lowest BCUT2D eigenvalue weighted by molar-refractivity contribution is -0.138. The van der Waals surface area contributed by atoms with Crippen molar-refractivity contribution in [1.82, 2.24) is 5.32 Å². The van der Waals surface area contributed by atoms with Crippen LogP contribution in [-0.4, -0.2) is 17.0 Å². The van der Waals surface area contributed by atoms with Crippen LogP contribution in [-0.2, 0) is 22.7 Å². The second-order valence-corrected chi connectivity index (χ2v) is 6.12. The van der Waals surface area contributed by atoms with Gasteiger partial charge in [-0.2, -0.15) is 0 Å². The molecule has 25 heavy (non-hydrogen) atoms. The van der Waals surface area contributed by atoms with E-state index in [1.807, 2.05) is 12.1 Å². The fraction of sp³-hybridized carbons (Fsp3) is 0.222. The normalized spacial score (nSPS) is 10.3. The third-order valence-electron chi connectivity index (χ3n) is 3.42. The van der Waals surface area contributed by atoms with Crippen molar-refractivity contribution in [1.29, 1.82) is 0 Å². The quantitative estimate of drug-likeness (QED) is 0.722. The first-order chi connectivity index (χ1) is 12.0. The van der Waals surface area contributed by atoms with E-state index in [1.165, 1.54) is 0 Å². The van der Waals surface area contributed by atoms with E-state index in [9.17, 15) is 9.59 Å². The molecule has 0 aliphatic carbocycles. The van der Waals surface area contributed by atoms with Gasteiger partial charge in [-0.3, -0.25) is 9.59 Å². The van der Waals surface area contributed by atoms with Gasteiger partial charge in [0.15, 0.2) is 0 Å². The Balaban J connectivity index is 1.83. The molecule has 0 fully saturated rings. The van der Waals surface area contributed by atoms with Crippen LogP contribution >= 0.6 is 23.2 Å². The summed E-state index contributed by atoms with van der Waals surface area (Å²) in [7, 11) is 0. The minimum Gasteiger partial charge on any atom is -0.489 e. The van der Waals surface area contributed by atoms with Gasteiger partial charge in [0, 0.05) is 28.6 Å². The molecule has 1 amide bonds. The summed E-state index contributed by atoms with van der Waals surface area (Å²) in [6, 6.07) is 12.5. The molecule has 7 heteroatoms. The number of carbonyl (C=O) groups is 2. The minimum atomic E-state index is -0.990. The Morgan fingerprint density at radius 3 is 2.24 bits per heavy atom. The van der Waals surface area contributed by atoms with Gasteiger partial charge in [0.1, 0.15) is 12.4 Å². The number of rotatable bonds is 8. The molecule has 0 unspecified atom stereocenters. The molecule has 0 atom stereocenters. The highest BCUT2D eigenvalue weighted by atomic mass is 35.5. The molecule has 0 radical (unpaired) electrons. The zero-order valence-corrected chi connectivity index (χ0v) is 14.8. The summed E-state index contributed by atoms with van der Waals surface area (Å²) >= 11 is 12.2. The molecule has 0 aliphatic rings. The average Bonchev–Trinajstić information content (AvgIpc) is 2.58. The Kier molecular flexibility index (Phi) is 7.10. The van der Waals surface area contributed by atoms with E-state index in [4.69, 9.17) is 33.0 Å². The van der Waals surface area contributed by atoms with Gasteiger partial charge >= 0.3 is 5.97 Å². The number of halogens is 2. The van der Waals surface area contributed by atoms with Crippen molar-refractivity contribution in [3.63, 3.8) is 0 Å². The Morgan fingerprint density at radius 1 is 1.00 bits per heavy atom. The van der Waals surface area contributed by atoms with Crippen LogP contribution in [0.25, 0.3) is 0 Å². The van der Waals surface area contributed by atoms with Crippen molar-refractivity contribution < 1.29 is 19.4 Å². The summed E-state index contributed by atoms with van der Waals surface area (Å²) in [5, 5.41) is 12.3. The summed E-state index contributed by atoms with van der Waals surface area (Å²) in [6.07, 6.45) is -0.210. The molecule has 5 nitrogen and oxygen atoms in total. The fourth-order valence-electron chi connectivity index (χ4n) is 2.04. The Hall–Kier alpha value is -2.24. The second-order valence-electron chi connectivity index (χ2n) is 5.30. The van der Waals surface area contributed by atoms with E-state index in [-0.39, 0.29) is 25.4 Å². The van der Waals surface area contributed by atoms with Crippen molar-refractivity contribution in [2.75, 3.05) is 0 Å². The zero-order chi connectivity index (χ0) is 18.2. The number of benzene rings is 2. The maximum atomic E-state index is 11.5. The molecule has 0 spiro atoms. The molecule has 0 saturated carbocycles. The number of aliphatic carboxylic acids is 1. The molecule has 0 heterocycles. The van der Waals surface area contributed by atoms with Crippen molar-refractivity contribution in [3.05, 3.63) is 63.6 Å². The van der Waals surface area contributed by atoms with Crippen LogP contribution in [0.5, 0.6) is 5.75 Å². The number of amides is 1. The predicted octanol–water partition coefficient (Wildman–Crippen LogP) is 4.05. The van der Waals surface area contributed by atoms with E-state index in [0.29, 0.717) is 22.3 Å². The van der Waals surface area contributed by atoms with Crippen LogP contribution in [0.2, 0.25) is 10.0 Å². The van der Waals surface area contributed by atoms with Gasteiger partial charge in [0.25, 0.3) is 0 Å². The summed E-state index contributed by atoms with van der Waals surface area (Å²) in [4.78, 5) is 21.9. The summed E-state index contributed by atoms with van der Waals surface area (Å²) < 4.78 is 5.68. The van der Waals surface area contributed by atoms with Crippen molar-refractivity contribution in [3.8, 4) is 5.75 Å². The number of ether oxygens (including phenoxy) is 1. The van der Waals surface area contributed by atoms with E-state index in [1.54, 1.807) is 30.3 Å². The van der Waals surface area contributed by atoms with Gasteiger partial charge < -0.3 is 15.2 Å². The highest BCUT2D eigenvalue weighted by Gasteiger charge is 2.07. The van der Waals surface area contributed by atoms with Crippen molar-refractivity contribution in [2.45, 2.75) is 26.0 Å². The van der Waals surface area contributed by atoms with Gasteiger partial charge in [-0.15, -0.1) is 0 Å². The number of hydrogen-bond donors (Lipinski definition) is 2. The number of hydrogen-bond acceptors (Lipinski definition) is 3. The molecule has 132 valence electrons. The van der Waals surface area contributed by atoms with E-state index in [0.717, 1.165) is 11.1 Å². The maximum Gasteiger partial charge on any atom is 0.303 e. The van der Waals surface area contributed by atoms with Gasteiger partial charge in [0.05, 0.1) is 6.42 Å². The van der Waals surface area contributed by atoms with Crippen LogP contribution in [0.4, 0.5) is 0 Å². The molecular weight excluding hydrogens is 365 g/mol. The van der Waals surface area contributed by atoms with Crippen LogP contribution in [0.1, 0.15) is 24.0 Å². The standard InChI is InChI=1S/C18H17Cl2NO4/c19-15-2-1-3-16(20)14(15)11-25-13-6-4-12(5-7-13)10-21-17(22)8-9-18(23)24/h1-7H,8-11H2,(H,21,22)(H,23,24). The Bertz CT molecular complexity index is 727. The average molecular weight is 382 g/mol. The first-order valence-corrected chi connectivity index (χ1v) is 8.34. The Morgan fingerprint density at radius 2 is 1.64 bits per heavy atom. The smallest absolute Gasteiger partial charge is 0.303 e. The monoisotopic (exact) mass is 381 g/mol. The van der Waals surface area contributed by atoms with Crippen LogP contribution in [0.15, 0.2) is 42.5 Å².